The number of nitrogens with zero attached hydrogens (tertiary/aromatic N) is 2. The average molecular weight is 291 g/mol. The molecular weight excluding hydrogens is 281 g/mol. The third-order valence-corrected chi connectivity index (χ3v) is 2.87. The van der Waals surface area contributed by atoms with Crippen LogP contribution in [-0.2, 0) is 0 Å². The van der Waals surface area contributed by atoms with Crippen LogP contribution in [0.3, 0.4) is 0 Å². The number of anilines is 1. The van der Waals surface area contributed by atoms with E-state index in [9.17, 15) is 9.18 Å². The molecule has 1 heterocycles. The first-order valence-corrected chi connectivity index (χ1v) is 6.55. The fourth-order valence-corrected chi connectivity index (χ4v) is 1.83. The average Bonchev–Trinajstić information content (AvgIpc) is 2.93. The summed E-state index contributed by atoms with van der Waals surface area (Å²) < 4.78 is 13.7. The summed E-state index contributed by atoms with van der Waals surface area (Å²) in [6.45, 7) is -0.0431. The molecule has 0 unspecified atom stereocenters. The minimum absolute atomic E-state index is 0.0431. The van der Waals surface area contributed by atoms with Crippen LogP contribution in [0.2, 0.25) is 0 Å². The zero-order valence-corrected chi connectivity index (χ0v) is 11.1. The largest absolute Gasteiger partial charge is 0.395 e. The summed E-state index contributed by atoms with van der Waals surface area (Å²) in [6, 6.07) is 4.01. The number of aliphatic hydroxyl groups is 1. The van der Waals surface area contributed by atoms with Crippen molar-refractivity contribution < 1.29 is 14.3 Å². The van der Waals surface area contributed by atoms with Crippen molar-refractivity contribution in [2.75, 3.05) is 11.9 Å². The van der Waals surface area contributed by atoms with Gasteiger partial charge in [0.1, 0.15) is 11.3 Å². The monoisotopic (exact) mass is 291 g/mol. The lowest BCUT2D eigenvalue weighted by Crippen LogP contribution is -2.13. The minimum atomic E-state index is -0.639. The van der Waals surface area contributed by atoms with Crippen LogP contribution in [0, 0.1) is 17.7 Å². The lowest BCUT2D eigenvalue weighted by Gasteiger charge is -2.03. The van der Waals surface area contributed by atoms with Gasteiger partial charge in [0.25, 0.3) is 5.91 Å². The number of hydrogen-bond acceptors (Lipinski definition) is 5. The van der Waals surface area contributed by atoms with Crippen molar-refractivity contribution in [3.63, 3.8) is 0 Å². The number of rotatable bonds is 3. The molecule has 102 valence electrons. The fourth-order valence-electron chi connectivity index (χ4n) is 1.39. The van der Waals surface area contributed by atoms with Gasteiger partial charge in [-0.3, -0.25) is 10.1 Å². The van der Waals surface area contributed by atoms with Gasteiger partial charge in [0.05, 0.1) is 12.2 Å². The van der Waals surface area contributed by atoms with Crippen LogP contribution in [0.5, 0.6) is 0 Å². The molecule has 1 amide bonds. The minimum Gasteiger partial charge on any atom is -0.395 e. The highest BCUT2D eigenvalue weighted by molar-refractivity contribution is 7.13. The Balaban J connectivity index is 2.20. The zero-order chi connectivity index (χ0) is 14.4. The summed E-state index contributed by atoms with van der Waals surface area (Å²) in [5.41, 5.74) is 1.85. The number of aromatic nitrogens is 2. The van der Waals surface area contributed by atoms with Crippen LogP contribution in [-0.4, -0.2) is 27.8 Å². The highest BCUT2D eigenvalue weighted by atomic mass is 32.1. The second kappa shape index (κ2) is 6.75. The normalized spacial score (nSPS) is 9.70. The maximum absolute atomic E-state index is 13.7. The SMILES string of the molecule is O=C(Nc1nncs1)c1cc(C#CCCO)ccc1F. The fraction of sp³-hybridized carbons (Fsp3) is 0.154. The van der Waals surface area contributed by atoms with E-state index in [1.165, 1.54) is 23.7 Å². The first-order chi connectivity index (χ1) is 9.70. The van der Waals surface area contributed by atoms with Crippen LogP contribution in [0.1, 0.15) is 22.3 Å². The molecule has 0 fully saturated rings. The maximum Gasteiger partial charge on any atom is 0.260 e. The predicted molar refractivity (Wildman–Crippen MR) is 72.8 cm³/mol. The summed E-state index contributed by atoms with van der Waals surface area (Å²) in [5.74, 6) is 4.21. The van der Waals surface area contributed by atoms with Crippen molar-refractivity contribution in [3.05, 3.63) is 40.7 Å². The van der Waals surface area contributed by atoms with Gasteiger partial charge >= 0.3 is 0 Å². The van der Waals surface area contributed by atoms with E-state index in [4.69, 9.17) is 5.11 Å². The van der Waals surface area contributed by atoms with Crippen LogP contribution >= 0.6 is 11.3 Å². The van der Waals surface area contributed by atoms with Crippen molar-refractivity contribution in [3.8, 4) is 11.8 Å². The Hall–Kier alpha value is -2.30. The molecule has 0 bridgehead atoms. The number of hydrogen-bond donors (Lipinski definition) is 2. The number of amides is 1. The van der Waals surface area contributed by atoms with Gasteiger partial charge in [-0.2, -0.15) is 0 Å². The Labute approximate surface area is 118 Å². The van der Waals surface area contributed by atoms with Crippen molar-refractivity contribution in [2.24, 2.45) is 0 Å². The van der Waals surface area contributed by atoms with E-state index in [1.54, 1.807) is 0 Å². The topological polar surface area (TPSA) is 75.1 Å². The zero-order valence-electron chi connectivity index (χ0n) is 10.3. The summed E-state index contributed by atoms with van der Waals surface area (Å²) in [4.78, 5) is 11.9. The maximum atomic E-state index is 13.7. The smallest absolute Gasteiger partial charge is 0.260 e. The number of halogens is 1. The van der Waals surface area contributed by atoms with E-state index in [0.29, 0.717) is 17.1 Å². The van der Waals surface area contributed by atoms with E-state index >= 15 is 0 Å². The molecule has 0 aliphatic carbocycles. The molecule has 0 aliphatic heterocycles. The van der Waals surface area contributed by atoms with Gasteiger partial charge in [-0.05, 0) is 18.2 Å². The van der Waals surface area contributed by atoms with E-state index in [-0.39, 0.29) is 12.2 Å². The van der Waals surface area contributed by atoms with Crippen molar-refractivity contribution in [2.45, 2.75) is 6.42 Å². The number of nitrogens with one attached hydrogen (secondary N) is 1. The van der Waals surface area contributed by atoms with Crippen molar-refractivity contribution in [1.29, 1.82) is 0 Å². The second-order valence-corrected chi connectivity index (χ2v) is 4.50. The number of carbonyl (C=O) groups is 1. The van der Waals surface area contributed by atoms with E-state index in [0.717, 1.165) is 11.3 Å². The highest BCUT2D eigenvalue weighted by Gasteiger charge is 2.13. The van der Waals surface area contributed by atoms with Crippen molar-refractivity contribution in [1.82, 2.24) is 10.2 Å². The molecule has 0 spiro atoms. The number of benzene rings is 1. The van der Waals surface area contributed by atoms with Gasteiger partial charge in [0, 0.05) is 12.0 Å². The van der Waals surface area contributed by atoms with Gasteiger partial charge in [-0.15, -0.1) is 10.2 Å². The third kappa shape index (κ3) is 3.60. The van der Waals surface area contributed by atoms with Gasteiger partial charge in [0.15, 0.2) is 0 Å². The molecule has 7 heteroatoms. The summed E-state index contributed by atoms with van der Waals surface area (Å²) in [5, 5.41) is 18.6. The Morgan fingerprint density at radius 3 is 3.05 bits per heavy atom. The molecule has 20 heavy (non-hydrogen) atoms. The lowest BCUT2D eigenvalue weighted by atomic mass is 10.1. The highest BCUT2D eigenvalue weighted by Crippen LogP contribution is 2.14. The first-order valence-electron chi connectivity index (χ1n) is 5.67. The molecule has 2 aromatic rings. The first kappa shape index (κ1) is 14.1. The summed E-state index contributed by atoms with van der Waals surface area (Å²) in [6.07, 6.45) is 0.323. The molecule has 0 radical (unpaired) electrons. The lowest BCUT2D eigenvalue weighted by molar-refractivity contribution is 0.102. The van der Waals surface area contributed by atoms with Crippen molar-refractivity contribution >= 4 is 22.4 Å². The molecule has 0 aliphatic rings. The van der Waals surface area contributed by atoms with Gasteiger partial charge in [-0.25, -0.2) is 4.39 Å². The van der Waals surface area contributed by atoms with Crippen LogP contribution < -0.4 is 5.32 Å². The van der Waals surface area contributed by atoms with E-state index in [2.05, 4.69) is 27.4 Å². The molecule has 2 N–H and O–H groups in total. The Bertz CT molecular complexity index is 662. The molecule has 0 atom stereocenters. The summed E-state index contributed by atoms with van der Waals surface area (Å²) in [7, 11) is 0. The van der Waals surface area contributed by atoms with Crippen LogP contribution in [0.15, 0.2) is 23.7 Å². The Kier molecular flexibility index (Phi) is 4.76. The van der Waals surface area contributed by atoms with Crippen LogP contribution in [0.4, 0.5) is 9.52 Å². The third-order valence-electron chi connectivity index (χ3n) is 2.26. The number of aliphatic hydroxyl groups excluding tert-OH is 1. The molecule has 5 nitrogen and oxygen atoms in total. The van der Waals surface area contributed by atoms with Gasteiger partial charge < -0.3 is 5.11 Å². The molecule has 0 saturated heterocycles. The predicted octanol–water partition coefficient (Wildman–Crippen LogP) is 1.66. The second-order valence-electron chi connectivity index (χ2n) is 3.67. The van der Waals surface area contributed by atoms with Gasteiger partial charge in [-0.1, -0.05) is 23.2 Å². The molecule has 0 saturated carbocycles. The standard InChI is InChI=1S/C13H10FN3O2S/c14-11-5-4-9(3-1-2-6-18)7-10(11)12(19)16-13-17-15-8-20-13/h4-5,7-8,18H,2,6H2,(H,16,17,19). The van der Waals surface area contributed by atoms with Gasteiger partial charge in [0.2, 0.25) is 5.13 Å². The molecule has 1 aromatic heterocycles. The quantitative estimate of drug-likeness (QED) is 0.843. The van der Waals surface area contributed by atoms with E-state index < -0.39 is 11.7 Å². The molecule has 1 aromatic carbocycles. The molecular formula is C13H10FN3O2S. The van der Waals surface area contributed by atoms with Crippen LogP contribution in [0.25, 0.3) is 0 Å². The molecule has 2 rings (SSSR count). The summed E-state index contributed by atoms with van der Waals surface area (Å²) >= 11 is 1.14. The number of carbonyl (C=O) groups excluding carboxylic acids is 1. The van der Waals surface area contributed by atoms with E-state index in [1.807, 2.05) is 0 Å². The Morgan fingerprint density at radius 2 is 2.35 bits per heavy atom. The Morgan fingerprint density at radius 1 is 1.50 bits per heavy atom.